The Bertz CT molecular complexity index is 2710. The summed E-state index contributed by atoms with van der Waals surface area (Å²) < 4.78 is 33.4. The van der Waals surface area contributed by atoms with Crippen LogP contribution in [0.3, 0.4) is 0 Å². The molecule has 0 bridgehead atoms. The van der Waals surface area contributed by atoms with Gasteiger partial charge in [-0.2, -0.15) is 5.10 Å². The van der Waals surface area contributed by atoms with Gasteiger partial charge < -0.3 is 25.2 Å². The average molecular weight is 901 g/mol. The minimum atomic E-state index is -1.02. The van der Waals surface area contributed by atoms with Gasteiger partial charge in [-0.05, 0) is 110 Å². The summed E-state index contributed by atoms with van der Waals surface area (Å²) in [4.78, 5) is 83.2. The maximum absolute atomic E-state index is 14.0. The number of fused-ring (bicyclic) bond motifs is 2. The minimum absolute atomic E-state index is 0.0574. The summed E-state index contributed by atoms with van der Waals surface area (Å²) in [7, 11) is 0. The number of nitrogens with zero attached hydrogens (tertiary/aromatic N) is 4. The summed E-state index contributed by atoms with van der Waals surface area (Å²) in [5.74, 6) is -3.35. The smallest absolute Gasteiger partial charge is 0.262 e. The highest BCUT2D eigenvalue weighted by Crippen LogP contribution is 2.32. The number of aromatic nitrogens is 2. The van der Waals surface area contributed by atoms with Gasteiger partial charge in [-0.3, -0.25) is 44.1 Å². The van der Waals surface area contributed by atoms with E-state index in [2.05, 4.69) is 31.0 Å². The van der Waals surface area contributed by atoms with Gasteiger partial charge in [0.1, 0.15) is 17.7 Å². The number of rotatable bonds is 14. The molecular formula is C49H50F2N8O7. The number of aromatic amines is 1. The molecule has 9 rings (SSSR count). The molecule has 1 unspecified atom stereocenters. The first-order valence-corrected chi connectivity index (χ1v) is 22.6. The van der Waals surface area contributed by atoms with Gasteiger partial charge in [-0.25, -0.2) is 8.78 Å². The summed E-state index contributed by atoms with van der Waals surface area (Å²) in [6.45, 7) is 3.54. The second-order valence-electron chi connectivity index (χ2n) is 17.3. The van der Waals surface area contributed by atoms with Crippen molar-refractivity contribution in [2.75, 3.05) is 54.9 Å². The Morgan fingerprint density at radius 3 is 2.38 bits per heavy atom. The van der Waals surface area contributed by atoms with E-state index in [4.69, 9.17) is 4.74 Å². The van der Waals surface area contributed by atoms with E-state index in [1.54, 1.807) is 18.2 Å². The van der Waals surface area contributed by atoms with E-state index in [0.29, 0.717) is 104 Å². The van der Waals surface area contributed by atoms with Crippen molar-refractivity contribution in [3.8, 4) is 0 Å². The van der Waals surface area contributed by atoms with E-state index < -0.39 is 41.3 Å². The standard InChI is InChI=1S/C49H50F2N8O7/c50-32-24-30(25-33(51)27-32)23-29-9-12-39-38(26-29)45(56-55-39)54-46(62)36-11-10-35(28-40(36)52-34-15-21-66-22-16-34)57-17-19-58(20-18-57)43(61)8-3-1-2-5-31-6-4-7-37-44(31)49(65)59(48(37)64)41-13-14-42(60)53-47(41)63/h4,6-7,9-12,24-28,34,41,52H,1-3,5,8,13-23H2,(H,53,60,63)(H2,54,55,56,62). The molecule has 5 heterocycles. The molecule has 0 saturated carbocycles. The maximum atomic E-state index is 14.0. The number of H-pyrrole nitrogens is 1. The minimum Gasteiger partial charge on any atom is -0.381 e. The number of ether oxygens (including phenoxy) is 1. The average Bonchev–Trinajstić information content (AvgIpc) is 3.82. The molecule has 3 saturated heterocycles. The van der Waals surface area contributed by atoms with E-state index in [-0.39, 0.29) is 42.7 Å². The number of unbranched alkanes of at least 4 members (excludes halogenated alkanes) is 2. The number of nitrogens with one attached hydrogen (secondary N) is 4. The third-order valence-electron chi connectivity index (χ3n) is 12.9. The van der Waals surface area contributed by atoms with Gasteiger partial charge in [-0.15, -0.1) is 0 Å². The van der Waals surface area contributed by atoms with Crippen LogP contribution in [0.5, 0.6) is 0 Å². The summed E-state index contributed by atoms with van der Waals surface area (Å²) in [6.07, 6.45) is 5.05. The lowest BCUT2D eigenvalue weighted by atomic mass is 9.97. The number of benzene rings is 4. The highest BCUT2D eigenvalue weighted by molar-refractivity contribution is 6.24. The Kier molecular flexibility index (Phi) is 12.9. The van der Waals surface area contributed by atoms with Crippen molar-refractivity contribution in [1.29, 1.82) is 0 Å². The quantitative estimate of drug-likeness (QED) is 0.0747. The van der Waals surface area contributed by atoms with Crippen molar-refractivity contribution >= 4 is 63.5 Å². The molecule has 4 N–H and O–H groups in total. The zero-order valence-corrected chi connectivity index (χ0v) is 36.3. The molecule has 6 amide bonds. The first kappa shape index (κ1) is 44.2. The molecule has 1 aromatic heterocycles. The number of carbonyl (C=O) groups is 6. The number of imide groups is 2. The second kappa shape index (κ2) is 19.2. The normalized spacial score (nSPS) is 17.9. The lowest BCUT2D eigenvalue weighted by Crippen LogP contribution is -2.54. The Labute approximate surface area is 379 Å². The number of piperazine rings is 1. The second-order valence-corrected chi connectivity index (χ2v) is 17.3. The SMILES string of the molecule is O=C1CCC(N2C(=O)c3cccc(CCCCCC(=O)N4CCN(c5ccc(C(=O)Nc6n[nH]c7ccc(Cc8cc(F)cc(F)c8)cc67)c(NC6CCOCC6)c5)CC4)c3C2=O)C(=O)N1. The number of aryl methyl sites for hydroxylation is 1. The van der Waals surface area contributed by atoms with Crippen LogP contribution in [0, 0.1) is 11.6 Å². The van der Waals surface area contributed by atoms with Gasteiger partial charge in [0.15, 0.2) is 5.82 Å². The van der Waals surface area contributed by atoms with Crippen LogP contribution in [-0.4, -0.2) is 107 Å². The van der Waals surface area contributed by atoms with E-state index in [9.17, 15) is 37.5 Å². The number of piperidine rings is 1. The van der Waals surface area contributed by atoms with E-state index in [0.717, 1.165) is 47.0 Å². The topological polar surface area (TPSA) is 186 Å². The zero-order valence-electron chi connectivity index (χ0n) is 36.3. The molecule has 0 radical (unpaired) electrons. The molecule has 0 aliphatic carbocycles. The van der Waals surface area contributed by atoms with Gasteiger partial charge >= 0.3 is 0 Å². The molecule has 4 aliphatic heterocycles. The van der Waals surface area contributed by atoms with E-state index in [1.807, 2.05) is 41.3 Å². The van der Waals surface area contributed by atoms with Crippen LogP contribution in [0.1, 0.15) is 99.1 Å². The molecule has 3 fully saturated rings. The van der Waals surface area contributed by atoms with Crippen molar-refractivity contribution < 1.29 is 42.3 Å². The number of amides is 6. The lowest BCUT2D eigenvalue weighted by molar-refractivity contribution is -0.136. The number of anilines is 3. The molecular weight excluding hydrogens is 851 g/mol. The van der Waals surface area contributed by atoms with Crippen molar-refractivity contribution in [3.05, 3.63) is 118 Å². The Balaban J connectivity index is 0.791. The van der Waals surface area contributed by atoms with E-state index >= 15 is 0 Å². The van der Waals surface area contributed by atoms with Gasteiger partial charge in [0.05, 0.1) is 22.2 Å². The van der Waals surface area contributed by atoms with Crippen LogP contribution in [-0.2, 0) is 32.0 Å². The number of carbonyl (C=O) groups excluding carboxylic acids is 6. The number of halogens is 2. The van der Waals surface area contributed by atoms with Crippen LogP contribution in [0.2, 0.25) is 0 Å². The summed E-state index contributed by atoms with van der Waals surface area (Å²) >= 11 is 0. The van der Waals surface area contributed by atoms with Crippen molar-refractivity contribution in [2.24, 2.45) is 0 Å². The third kappa shape index (κ3) is 9.52. The monoisotopic (exact) mass is 900 g/mol. The molecule has 4 aliphatic rings. The fraction of sp³-hybridized carbons (Fsp3) is 0.367. The van der Waals surface area contributed by atoms with Gasteiger partial charge in [0.2, 0.25) is 17.7 Å². The first-order chi connectivity index (χ1) is 32.0. The van der Waals surface area contributed by atoms with Crippen LogP contribution in [0.4, 0.5) is 26.0 Å². The Morgan fingerprint density at radius 2 is 1.61 bits per heavy atom. The third-order valence-corrected chi connectivity index (χ3v) is 12.9. The molecule has 15 nitrogen and oxygen atoms in total. The summed E-state index contributed by atoms with van der Waals surface area (Å²) in [5.41, 5.74) is 5.31. The summed E-state index contributed by atoms with van der Waals surface area (Å²) in [5, 5.41) is 16.8. The molecule has 0 spiro atoms. The molecule has 17 heteroatoms. The van der Waals surface area contributed by atoms with Gasteiger partial charge in [0.25, 0.3) is 17.7 Å². The molecule has 4 aromatic carbocycles. The number of hydrogen-bond donors (Lipinski definition) is 4. The van der Waals surface area contributed by atoms with Crippen LogP contribution in [0.25, 0.3) is 10.9 Å². The first-order valence-electron chi connectivity index (χ1n) is 22.6. The van der Waals surface area contributed by atoms with E-state index in [1.165, 1.54) is 12.1 Å². The highest BCUT2D eigenvalue weighted by Gasteiger charge is 2.45. The van der Waals surface area contributed by atoms with Crippen molar-refractivity contribution in [3.63, 3.8) is 0 Å². The lowest BCUT2D eigenvalue weighted by Gasteiger charge is -2.36. The van der Waals surface area contributed by atoms with Crippen LogP contribution in [0.15, 0.2) is 72.8 Å². The number of hydrogen-bond acceptors (Lipinski definition) is 10. The predicted octanol–water partition coefficient (Wildman–Crippen LogP) is 6.13. The van der Waals surface area contributed by atoms with Gasteiger partial charge in [0, 0.05) is 81.1 Å². The predicted molar refractivity (Wildman–Crippen MR) is 241 cm³/mol. The fourth-order valence-corrected chi connectivity index (χ4v) is 9.43. The van der Waals surface area contributed by atoms with Crippen LogP contribution < -0.4 is 20.9 Å². The molecule has 5 aromatic rings. The maximum Gasteiger partial charge on any atom is 0.262 e. The summed E-state index contributed by atoms with van der Waals surface area (Å²) in [6, 6.07) is 18.9. The van der Waals surface area contributed by atoms with Crippen molar-refractivity contribution in [1.82, 2.24) is 25.3 Å². The highest BCUT2D eigenvalue weighted by atomic mass is 19.1. The Hall–Kier alpha value is -7.01. The van der Waals surface area contributed by atoms with Crippen molar-refractivity contribution in [2.45, 2.75) is 76.3 Å². The zero-order chi connectivity index (χ0) is 45.9. The molecule has 342 valence electrons. The van der Waals surface area contributed by atoms with Crippen LogP contribution >= 0.6 is 0 Å². The largest absolute Gasteiger partial charge is 0.381 e. The molecule has 66 heavy (non-hydrogen) atoms. The molecule has 1 atom stereocenters. The fourth-order valence-electron chi connectivity index (χ4n) is 9.43. The van der Waals surface area contributed by atoms with Gasteiger partial charge in [-0.1, -0.05) is 24.6 Å². The Morgan fingerprint density at radius 1 is 0.818 bits per heavy atom.